The Labute approximate surface area is 151 Å². The maximum atomic E-state index is 12.8. The van der Waals surface area contributed by atoms with Crippen LogP contribution >= 0.6 is 0 Å². The number of nitrogens with one attached hydrogen (secondary N) is 1. The largest absolute Gasteiger partial charge is 0.472 e. The Morgan fingerprint density at radius 3 is 3.00 bits per heavy atom. The second kappa shape index (κ2) is 6.93. The highest BCUT2D eigenvalue weighted by Crippen LogP contribution is 2.28. The lowest BCUT2D eigenvalue weighted by atomic mass is 9.96. The zero-order valence-corrected chi connectivity index (χ0v) is 14.9. The molecule has 0 aliphatic carbocycles. The summed E-state index contributed by atoms with van der Waals surface area (Å²) in [4.78, 5) is 26.8. The van der Waals surface area contributed by atoms with Crippen LogP contribution in [-0.2, 0) is 17.8 Å². The van der Waals surface area contributed by atoms with Gasteiger partial charge in [-0.3, -0.25) is 9.59 Å². The molecule has 2 aliphatic heterocycles. The van der Waals surface area contributed by atoms with Gasteiger partial charge < -0.3 is 19.2 Å². The second-order valence-corrected chi connectivity index (χ2v) is 7.06. The molecule has 1 N–H and O–H groups in total. The molecule has 2 aliphatic rings. The Morgan fingerprint density at radius 2 is 2.19 bits per heavy atom. The van der Waals surface area contributed by atoms with E-state index < -0.39 is 6.04 Å². The number of fused-ring (bicyclic) bond motifs is 1. The molecule has 4 rings (SSSR count). The van der Waals surface area contributed by atoms with Crippen LogP contribution in [0.1, 0.15) is 54.1 Å². The molecular formula is C18H23N5O3. The smallest absolute Gasteiger partial charge is 0.255 e. The SMILES string of the molecule is C[C@H](NC(=O)c1ccoc1)C(=O)N1CCC[C@H](c2nnc3n2CCC3)C1. The molecule has 2 aromatic rings. The van der Waals surface area contributed by atoms with Gasteiger partial charge in [-0.25, -0.2) is 0 Å². The van der Waals surface area contributed by atoms with Crippen molar-refractivity contribution in [3.05, 3.63) is 35.8 Å². The van der Waals surface area contributed by atoms with Crippen LogP contribution in [0.4, 0.5) is 0 Å². The number of carbonyl (C=O) groups excluding carboxylic acids is 2. The number of piperidine rings is 1. The lowest BCUT2D eigenvalue weighted by Gasteiger charge is -2.34. The summed E-state index contributed by atoms with van der Waals surface area (Å²) in [5, 5.41) is 11.4. The fourth-order valence-electron chi connectivity index (χ4n) is 3.87. The molecule has 1 saturated heterocycles. The first-order valence-electron chi connectivity index (χ1n) is 9.17. The molecule has 4 heterocycles. The van der Waals surface area contributed by atoms with Gasteiger partial charge in [-0.1, -0.05) is 0 Å². The van der Waals surface area contributed by atoms with Crippen LogP contribution in [0.25, 0.3) is 0 Å². The van der Waals surface area contributed by atoms with Gasteiger partial charge >= 0.3 is 0 Å². The summed E-state index contributed by atoms with van der Waals surface area (Å²) in [6, 6.07) is 0.996. The number of aryl methyl sites for hydroxylation is 1. The van der Waals surface area contributed by atoms with Gasteiger partial charge in [0.05, 0.1) is 11.8 Å². The monoisotopic (exact) mass is 357 g/mol. The number of amides is 2. The fraction of sp³-hybridized carbons (Fsp3) is 0.556. The minimum absolute atomic E-state index is 0.0623. The molecule has 0 unspecified atom stereocenters. The van der Waals surface area contributed by atoms with Gasteiger partial charge in [0.1, 0.15) is 24.0 Å². The van der Waals surface area contributed by atoms with E-state index in [1.165, 1.54) is 12.5 Å². The second-order valence-electron chi connectivity index (χ2n) is 7.06. The van der Waals surface area contributed by atoms with Crippen LogP contribution in [0.15, 0.2) is 23.0 Å². The molecule has 0 saturated carbocycles. The van der Waals surface area contributed by atoms with Crippen LogP contribution < -0.4 is 5.32 Å². The maximum absolute atomic E-state index is 12.8. The summed E-state index contributed by atoms with van der Waals surface area (Å²) in [6.45, 7) is 4.03. The van der Waals surface area contributed by atoms with E-state index in [0.29, 0.717) is 18.7 Å². The lowest BCUT2D eigenvalue weighted by Crippen LogP contribution is -2.49. The summed E-state index contributed by atoms with van der Waals surface area (Å²) in [6.07, 6.45) is 6.85. The molecule has 0 aromatic carbocycles. The summed E-state index contributed by atoms with van der Waals surface area (Å²) in [5.74, 6) is 1.91. The van der Waals surface area contributed by atoms with Crippen molar-refractivity contribution in [2.24, 2.45) is 0 Å². The fourth-order valence-corrected chi connectivity index (χ4v) is 3.87. The number of rotatable bonds is 4. The molecule has 0 spiro atoms. The van der Waals surface area contributed by atoms with E-state index in [4.69, 9.17) is 4.42 Å². The minimum atomic E-state index is -0.583. The maximum Gasteiger partial charge on any atom is 0.255 e. The Balaban J connectivity index is 1.40. The van der Waals surface area contributed by atoms with Crippen molar-refractivity contribution < 1.29 is 14.0 Å². The van der Waals surface area contributed by atoms with Crippen LogP contribution in [-0.4, -0.2) is 50.6 Å². The average Bonchev–Trinajstić information content (AvgIpc) is 3.38. The third-order valence-electron chi connectivity index (χ3n) is 5.24. The van der Waals surface area contributed by atoms with E-state index in [1.807, 2.05) is 4.90 Å². The number of furan rings is 1. The summed E-state index contributed by atoms with van der Waals surface area (Å²) < 4.78 is 7.13. The van der Waals surface area contributed by atoms with E-state index in [-0.39, 0.29) is 17.7 Å². The molecule has 0 radical (unpaired) electrons. The van der Waals surface area contributed by atoms with Crippen molar-refractivity contribution in [1.82, 2.24) is 25.0 Å². The van der Waals surface area contributed by atoms with Gasteiger partial charge in [0.25, 0.3) is 5.91 Å². The van der Waals surface area contributed by atoms with Crippen LogP contribution in [0.5, 0.6) is 0 Å². The quantitative estimate of drug-likeness (QED) is 0.891. The predicted octanol–water partition coefficient (Wildman–Crippen LogP) is 1.34. The van der Waals surface area contributed by atoms with Gasteiger partial charge in [0, 0.05) is 32.0 Å². The molecule has 2 atom stereocenters. The molecule has 138 valence electrons. The van der Waals surface area contributed by atoms with Gasteiger partial charge in [0.2, 0.25) is 5.91 Å². The highest BCUT2D eigenvalue weighted by Gasteiger charge is 2.32. The number of hydrogen-bond donors (Lipinski definition) is 1. The average molecular weight is 357 g/mol. The summed E-state index contributed by atoms with van der Waals surface area (Å²) in [7, 11) is 0. The number of aromatic nitrogens is 3. The molecule has 8 heteroatoms. The van der Waals surface area contributed by atoms with Crippen molar-refractivity contribution in [3.63, 3.8) is 0 Å². The third kappa shape index (κ3) is 3.11. The van der Waals surface area contributed by atoms with Crippen LogP contribution in [0.2, 0.25) is 0 Å². The lowest BCUT2D eigenvalue weighted by molar-refractivity contribution is -0.134. The Morgan fingerprint density at radius 1 is 1.31 bits per heavy atom. The van der Waals surface area contributed by atoms with Crippen molar-refractivity contribution in [1.29, 1.82) is 0 Å². The Kier molecular flexibility index (Phi) is 4.48. The van der Waals surface area contributed by atoms with E-state index in [0.717, 1.165) is 43.9 Å². The number of likely N-dealkylation sites (tertiary alicyclic amines) is 1. The van der Waals surface area contributed by atoms with Gasteiger partial charge in [0.15, 0.2) is 0 Å². The normalized spacial score (nSPS) is 20.7. The van der Waals surface area contributed by atoms with E-state index >= 15 is 0 Å². The van der Waals surface area contributed by atoms with Crippen molar-refractivity contribution in [3.8, 4) is 0 Å². The first-order chi connectivity index (χ1) is 12.6. The zero-order chi connectivity index (χ0) is 18.1. The number of carbonyl (C=O) groups is 2. The topological polar surface area (TPSA) is 93.3 Å². The highest BCUT2D eigenvalue weighted by molar-refractivity contribution is 5.97. The molecule has 2 aromatic heterocycles. The molecule has 1 fully saturated rings. The van der Waals surface area contributed by atoms with Gasteiger partial charge in [-0.15, -0.1) is 10.2 Å². The van der Waals surface area contributed by atoms with Gasteiger partial charge in [-0.2, -0.15) is 0 Å². The molecule has 0 bridgehead atoms. The van der Waals surface area contributed by atoms with E-state index in [2.05, 4.69) is 20.1 Å². The van der Waals surface area contributed by atoms with Gasteiger partial charge in [-0.05, 0) is 32.3 Å². The van der Waals surface area contributed by atoms with Crippen molar-refractivity contribution in [2.45, 2.75) is 51.1 Å². The summed E-state index contributed by atoms with van der Waals surface area (Å²) in [5.41, 5.74) is 0.417. The standard InChI is InChI=1S/C18H23N5O3/c1-12(19-17(24)14-6-9-26-11-14)18(25)22-7-2-4-13(10-22)16-21-20-15-5-3-8-23(15)16/h6,9,11-13H,2-5,7-8,10H2,1H3,(H,19,24)/t12-,13-/m0/s1. The molecule has 26 heavy (non-hydrogen) atoms. The third-order valence-corrected chi connectivity index (χ3v) is 5.24. The number of hydrogen-bond acceptors (Lipinski definition) is 5. The Hall–Kier alpha value is -2.64. The first kappa shape index (κ1) is 16.8. The van der Waals surface area contributed by atoms with E-state index in [1.54, 1.807) is 13.0 Å². The Bertz CT molecular complexity index is 798. The number of nitrogens with zero attached hydrogens (tertiary/aromatic N) is 4. The van der Waals surface area contributed by atoms with E-state index in [9.17, 15) is 9.59 Å². The first-order valence-corrected chi connectivity index (χ1v) is 9.17. The summed E-state index contributed by atoms with van der Waals surface area (Å²) >= 11 is 0. The zero-order valence-electron chi connectivity index (χ0n) is 14.9. The highest BCUT2D eigenvalue weighted by atomic mass is 16.3. The predicted molar refractivity (Wildman–Crippen MR) is 92.5 cm³/mol. The van der Waals surface area contributed by atoms with Crippen LogP contribution in [0.3, 0.4) is 0 Å². The minimum Gasteiger partial charge on any atom is -0.472 e. The molecule has 8 nitrogen and oxygen atoms in total. The van der Waals surface area contributed by atoms with Crippen LogP contribution in [0, 0.1) is 0 Å². The molecular weight excluding hydrogens is 334 g/mol. The van der Waals surface area contributed by atoms with Crippen molar-refractivity contribution >= 4 is 11.8 Å². The van der Waals surface area contributed by atoms with Crippen molar-refractivity contribution in [2.75, 3.05) is 13.1 Å². The molecule has 2 amide bonds.